The predicted molar refractivity (Wildman–Crippen MR) is 88.5 cm³/mol. The molecule has 0 aromatic rings. The number of esters is 1. The van der Waals surface area contributed by atoms with E-state index in [0.717, 1.165) is 17.7 Å². The van der Waals surface area contributed by atoms with Crippen LogP contribution in [0.15, 0.2) is 22.8 Å². The van der Waals surface area contributed by atoms with E-state index < -0.39 is 0 Å². The maximum absolute atomic E-state index is 12.4. The second-order valence-corrected chi connectivity index (χ2v) is 7.86. The summed E-state index contributed by atoms with van der Waals surface area (Å²) >= 11 is 0. The molecule has 0 saturated heterocycles. The van der Waals surface area contributed by atoms with Crippen molar-refractivity contribution in [3.63, 3.8) is 0 Å². The Morgan fingerprint density at radius 1 is 1.17 bits per heavy atom. The standard InChI is InChI=1S/C19H25NO4/c1-11(2)9-14-15(19(14,3)4)18(23)24-10-20-16(21)12-7-5-6-8-13(12)17(20)22/h9,14-15H,5-8,10H2,1-4H3/t14-,15-/m0/s1. The molecule has 3 aliphatic rings. The summed E-state index contributed by atoms with van der Waals surface area (Å²) in [4.78, 5) is 38.1. The van der Waals surface area contributed by atoms with Crippen molar-refractivity contribution >= 4 is 17.8 Å². The van der Waals surface area contributed by atoms with E-state index in [1.807, 2.05) is 27.7 Å². The molecule has 24 heavy (non-hydrogen) atoms. The molecule has 1 fully saturated rings. The van der Waals surface area contributed by atoms with Gasteiger partial charge >= 0.3 is 5.97 Å². The molecule has 0 aromatic heterocycles. The van der Waals surface area contributed by atoms with Crippen LogP contribution in [0.1, 0.15) is 53.4 Å². The molecule has 1 heterocycles. The topological polar surface area (TPSA) is 63.7 Å². The summed E-state index contributed by atoms with van der Waals surface area (Å²) in [6, 6.07) is 0. The van der Waals surface area contributed by atoms with Crippen LogP contribution in [0.2, 0.25) is 0 Å². The van der Waals surface area contributed by atoms with Gasteiger partial charge in [0.2, 0.25) is 0 Å². The quantitative estimate of drug-likeness (QED) is 0.451. The second kappa shape index (κ2) is 5.87. The van der Waals surface area contributed by atoms with Crippen LogP contribution in [-0.2, 0) is 19.1 Å². The van der Waals surface area contributed by atoms with Gasteiger partial charge < -0.3 is 4.74 Å². The number of hydrogen-bond acceptors (Lipinski definition) is 4. The first-order valence-corrected chi connectivity index (χ1v) is 8.65. The largest absolute Gasteiger partial charge is 0.443 e. The van der Waals surface area contributed by atoms with Crippen molar-refractivity contribution in [3.05, 3.63) is 22.8 Å². The molecular weight excluding hydrogens is 306 g/mol. The van der Waals surface area contributed by atoms with Crippen LogP contribution >= 0.6 is 0 Å². The van der Waals surface area contributed by atoms with E-state index in [9.17, 15) is 14.4 Å². The van der Waals surface area contributed by atoms with E-state index in [0.29, 0.717) is 24.0 Å². The number of imide groups is 1. The smallest absolute Gasteiger partial charge is 0.311 e. The number of amides is 2. The lowest BCUT2D eigenvalue weighted by atomic mass is 9.93. The summed E-state index contributed by atoms with van der Waals surface area (Å²) in [5.74, 6) is -0.932. The van der Waals surface area contributed by atoms with E-state index in [-0.39, 0.29) is 41.8 Å². The number of carbonyl (C=O) groups excluding carboxylic acids is 3. The summed E-state index contributed by atoms with van der Waals surface area (Å²) in [5.41, 5.74) is 2.28. The van der Waals surface area contributed by atoms with E-state index >= 15 is 0 Å². The molecular formula is C19H25NO4. The Morgan fingerprint density at radius 3 is 2.21 bits per heavy atom. The highest BCUT2D eigenvalue weighted by Crippen LogP contribution is 2.59. The van der Waals surface area contributed by atoms with Gasteiger partial charge in [-0.2, -0.15) is 0 Å². The fraction of sp³-hybridized carbons (Fsp3) is 0.632. The van der Waals surface area contributed by atoms with Crippen molar-refractivity contribution in [1.82, 2.24) is 4.90 Å². The molecule has 3 rings (SSSR count). The molecule has 130 valence electrons. The molecule has 0 N–H and O–H groups in total. The maximum Gasteiger partial charge on any atom is 0.311 e. The minimum atomic E-state index is -0.326. The molecule has 2 aliphatic carbocycles. The van der Waals surface area contributed by atoms with Crippen molar-refractivity contribution < 1.29 is 19.1 Å². The van der Waals surface area contributed by atoms with Crippen LogP contribution < -0.4 is 0 Å². The first kappa shape index (κ1) is 16.9. The highest BCUT2D eigenvalue weighted by atomic mass is 16.5. The van der Waals surface area contributed by atoms with E-state index in [1.54, 1.807) is 0 Å². The molecule has 1 aliphatic heterocycles. The summed E-state index contributed by atoms with van der Waals surface area (Å²) in [5, 5.41) is 0. The lowest BCUT2D eigenvalue weighted by Crippen LogP contribution is -2.35. The van der Waals surface area contributed by atoms with Crippen LogP contribution in [0.4, 0.5) is 0 Å². The van der Waals surface area contributed by atoms with E-state index in [4.69, 9.17) is 4.74 Å². The molecule has 5 nitrogen and oxygen atoms in total. The number of ether oxygens (including phenoxy) is 1. The van der Waals surface area contributed by atoms with Gasteiger partial charge in [-0.3, -0.25) is 14.4 Å². The molecule has 0 unspecified atom stereocenters. The van der Waals surface area contributed by atoms with Crippen molar-refractivity contribution in [1.29, 1.82) is 0 Å². The number of nitrogens with zero attached hydrogens (tertiary/aromatic N) is 1. The average molecular weight is 331 g/mol. The van der Waals surface area contributed by atoms with E-state index in [2.05, 4.69) is 6.08 Å². The van der Waals surface area contributed by atoms with Gasteiger partial charge in [-0.05, 0) is 50.9 Å². The number of hydrogen-bond donors (Lipinski definition) is 0. The third-order valence-corrected chi connectivity index (χ3v) is 5.49. The highest BCUT2D eigenvalue weighted by molar-refractivity contribution is 6.19. The molecule has 0 spiro atoms. The van der Waals surface area contributed by atoms with Crippen molar-refractivity contribution in [2.24, 2.45) is 17.3 Å². The third kappa shape index (κ3) is 2.70. The Balaban J connectivity index is 1.61. The zero-order chi connectivity index (χ0) is 17.6. The summed E-state index contributed by atoms with van der Waals surface area (Å²) in [7, 11) is 0. The minimum absolute atomic E-state index is 0.134. The van der Waals surface area contributed by atoms with Gasteiger partial charge in [-0.25, -0.2) is 4.90 Å². The lowest BCUT2D eigenvalue weighted by molar-refractivity contribution is -0.156. The summed E-state index contributed by atoms with van der Waals surface area (Å²) in [6.45, 7) is 7.83. The SMILES string of the molecule is CC(C)=C[C@H]1[C@@H](C(=O)OCN2C(=O)C3=C(CCCC3)C2=O)C1(C)C. The second-order valence-electron chi connectivity index (χ2n) is 7.86. The van der Waals surface area contributed by atoms with Crippen molar-refractivity contribution in [2.75, 3.05) is 6.73 Å². The summed E-state index contributed by atoms with van der Waals surface area (Å²) < 4.78 is 5.33. The van der Waals surface area contributed by atoms with Gasteiger partial charge in [0.25, 0.3) is 11.8 Å². The number of rotatable bonds is 4. The van der Waals surface area contributed by atoms with Gasteiger partial charge in [-0.15, -0.1) is 0 Å². The molecule has 2 amide bonds. The Labute approximate surface area is 142 Å². The zero-order valence-electron chi connectivity index (χ0n) is 14.8. The Bertz CT molecular complexity index is 639. The maximum atomic E-state index is 12.4. The third-order valence-electron chi connectivity index (χ3n) is 5.49. The van der Waals surface area contributed by atoms with Gasteiger partial charge in [-0.1, -0.05) is 25.5 Å². The fourth-order valence-electron chi connectivity index (χ4n) is 3.93. The molecule has 5 heteroatoms. The summed E-state index contributed by atoms with van der Waals surface area (Å²) in [6.07, 6.45) is 5.28. The first-order chi connectivity index (χ1) is 11.2. The predicted octanol–water partition coefficient (Wildman–Crippen LogP) is 2.96. The van der Waals surface area contributed by atoms with Crippen LogP contribution in [0.5, 0.6) is 0 Å². The Hall–Kier alpha value is -1.91. The first-order valence-electron chi connectivity index (χ1n) is 8.65. The molecule has 1 saturated carbocycles. The van der Waals surface area contributed by atoms with Crippen LogP contribution in [-0.4, -0.2) is 29.4 Å². The molecule has 0 bridgehead atoms. The average Bonchev–Trinajstić information content (AvgIpc) is 2.96. The van der Waals surface area contributed by atoms with Crippen LogP contribution in [0.3, 0.4) is 0 Å². The monoisotopic (exact) mass is 331 g/mol. The zero-order valence-corrected chi connectivity index (χ0v) is 14.8. The van der Waals surface area contributed by atoms with Gasteiger partial charge in [0.1, 0.15) is 0 Å². The Kier molecular flexibility index (Phi) is 4.14. The van der Waals surface area contributed by atoms with Crippen LogP contribution in [0, 0.1) is 17.3 Å². The van der Waals surface area contributed by atoms with Gasteiger partial charge in [0, 0.05) is 11.1 Å². The lowest BCUT2D eigenvalue weighted by Gasteiger charge is -2.15. The fourth-order valence-corrected chi connectivity index (χ4v) is 3.93. The Morgan fingerprint density at radius 2 is 1.71 bits per heavy atom. The van der Waals surface area contributed by atoms with Crippen LogP contribution in [0.25, 0.3) is 0 Å². The molecule has 0 aromatic carbocycles. The van der Waals surface area contributed by atoms with Crippen molar-refractivity contribution in [3.8, 4) is 0 Å². The normalized spacial score (nSPS) is 27.9. The highest BCUT2D eigenvalue weighted by Gasteiger charge is 2.61. The van der Waals surface area contributed by atoms with Crippen molar-refractivity contribution in [2.45, 2.75) is 53.4 Å². The van der Waals surface area contributed by atoms with Gasteiger partial charge in [0.15, 0.2) is 6.73 Å². The van der Waals surface area contributed by atoms with Gasteiger partial charge in [0.05, 0.1) is 5.92 Å². The van der Waals surface area contributed by atoms with E-state index in [1.165, 1.54) is 5.57 Å². The molecule has 2 atom stereocenters. The number of carbonyl (C=O) groups is 3. The number of allylic oxidation sites excluding steroid dienone is 2. The minimum Gasteiger partial charge on any atom is -0.443 e. The molecule has 0 radical (unpaired) electrons.